The predicted octanol–water partition coefficient (Wildman–Crippen LogP) is 9.54. The molecular formula is C24H18Cl3F9O2S. The number of hydrogen-bond donors (Lipinski definition) is 0. The van der Waals surface area contributed by atoms with Crippen LogP contribution in [0.1, 0.15) is 46.3 Å². The van der Waals surface area contributed by atoms with E-state index in [1.165, 1.54) is 6.92 Å². The normalized spacial score (nSPS) is 15.4. The first-order valence-corrected chi connectivity index (χ1v) is 13.4. The van der Waals surface area contributed by atoms with Crippen LogP contribution < -0.4 is 0 Å². The van der Waals surface area contributed by atoms with E-state index in [-0.39, 0.29) is 20.6 Å². The molecule has 2 aromatic rings. The van der Waals surface area contributed by atoms with Crippen molar-refractivity contribution >= 4 is 57.5 Å². The number of alkyl halides is 9. The molecule has 216 valence electrons. The molecule has 0 bridgehead atoms. The highest BCUT2D eigenvalue weighted by Gasteiger charge is 2.40. The van der Waals surface area contributed by atoms with Gasteiger partial charge in [0.25, 0.3) is 0 Å². The van der Waals surface area contributed by atoms with Crippen LogP contribution in [0.2, 0.25) is 15.1 Å². The van der Waals surface area contributed by atoms with Crippen molar-refractivity contribution in [2.45, 2.75) is 37.8 Å². The van der Waals surface area contributed by atoms with E-state index >= 15 is 0 Å². The summed E-state index contributed by atoms with van der Waals surface area (Å²) in [5.74, 6) is -6.52. The monoisotopic (exact) mass is 646 g/mol. The van der Waals surface area contributed by atoms with Crippen molar-refractivity contribution in [2.75, 3.05) is 11.5 Å². The van der Waals surface area contributed by atoms with Crippen LogP contribution >= 0.6 is 34.8 Å². The lowest BCUT2D eigenvalue weighted by molar-refractivity contribution is -0.139. The molecule has 2 rings (SSSR count). The lowest BCUT2D eigenvalue weighted by Gasteiger charge is -2.19. The molecule has 39 heavy (non-hydrogen) atoms. The van der Waals surface area contributed by atoms with Crippen LogP contribution in [-0.4, -0.2) is 33.9 Å². The second-order valence-electron chi connectivity index (χ2n) is 8.58. The van der Waals surface area contributed by atoms with Gasteiger partial charge in [-0.05, 0) is 35.2 Å². The lowest BCUT2D eigenvalue weighted by atomic mass is 9.93. The molecule has 0 aliphatic heterocycles. The molecule has 0 amide bonds. The van der Waals surface area contributed by atoms with Crippen molar-refractivity contribution in [2.24, 2.45) is 5.92 Å². The number of hydrogen-bond acceptors (Lipinski definition) is 2. The van der Waals surface area contributed by atoms with Gasteiger partial charge in [-0.1, -0.05) is 66.0 Å². The summed E-state index contributed by atoms with van der Waals surface area (Å²) in [4.78, 5) is 12.6. The summed E-state index contributed by atoms with van der Waals surface area (Å²) < 4.78 is 131. The van der Waals surface area contributed by atoms with Gasteiger partial charge in [-0.2, -0.15) is 39.5 Å². The minimum Gasteiger partial charge on any atom is -0.294 e. The summed E-state index contributed by atoms with van der Waals surface area (Å²) in [6.07, 6.45) is -13.9. The molecule has 15 heteroatoms. The van der Waals surface area contributed by atoms with Crippen LogP contribution in [0.3, 0.4) is 0 Å². The van der Waals surface area contributed by atoms with Crippen molar-refractivity contribution in [3.05, 3.63) is 73.7 Å². The summed E-state index contributed by atoms with van der Waals surface area (Å²) in [6, 6.07) is 4.07. The van der Waals surface area contributed by atoms with Crippen molar-refractivity contribution in [1.82, 2.24) is 0 Å². The number of halogens is 12. The molecule has 2 nitrogen and oxygen atoms in total. The van der Waals surface area contributed by atoms with E-state index in [0.29, 0.717) is 12.1 Å². The third-order valence-electron chi connectivity index (χ3n) is 5.18. The highest BCUT2D eigenvalue weighted by Crippen LogP contribution is 2.41. The van der Waals surface area contributed by atoms with Gasteiger partial charge in [0, 0.05) is 28.5 Å². The van der Waals surface area contributed by atoms with Crippen molar-refractivity contribution in [1.29, 1.82) is 0 Å². The summed E-state index contributed by atoms with van der Waals surface area (Å²) in [7, 11) is -2.38. The zero-order chi connectivity index (χ0) is 29.9. The summed E-state index contributed by atoms with van der Waals surface area (Å²) in [5.41, 5.74) is -3.01. The van der Waals surface area contributed by atoms with Crippen molar-refractivity contribution in [3.8, 4) is 0 Å². The first-order valence-electron chi connectivity index (χ1n) is 10.7. The summed E-state index contributed by atoms with van der Waals surface area (Å²) in [5, 5.41) is -0.705. The van der Waals surface area contributed by atoms with Crippen LogP contribution in [0, 0.1) is 5.92 Å². The molecule has 3 atom stereocenters. The maximum absolute atomic E-state index is 13.7. The number of carbonyl (C=O) groups excluding carboxylic acids is 1. The average molecular weight is 648 g/mol. The predicted molar refractivity (Wildman–Crippen MR) is 133 cm³/mol. The Morgan fingerprint density at radius 3 is 2.00 bits per heavy atom. The number of Topliss-reactive ketones (excluding diaryl/α,β-unsaturated/α-hetero) is 1. The Morgan fingerprint density at radius 2 is 1.51 bits per heavy atom. The van der Waals surface area contributed by atoms with Crippen molar-refractivity contribution in [3.63, 3.8) is 0 Å². The highest BCUT2D eigenvalue weighted by atomic mass is 35.5. The Bertz CT molecular complexity index is 1230. The maximum atomic E-state index is 13.7. The summed E-state index contributed by atoms with van der Waals surface area (Å²) in [6.45, 7) is 1.27. The standard InChI is InChI=1S/C24H18Cl3F9O2S/c1-12(10-39(38)11-22(28,29)30)6-20(37)15-4-2-13(7-17(15)24(34,35)36)3-5-16(23(31,32)33)14-8-18(25)21(27)19(26)9-14/h2-5,7-9,12,16H,6,10-11H2,1H3/b5-3+/t12-,16?,39?/m0/s1. The van der Waals surface area contributed by atoms with Gasteiger partial charge in [0.15, 0.2) is 5.78 Å². The first kappa shape index (κ1) is 33.4. The first-order chi connectivity index (χ1) is 17.7. The van der Waals surface area contributed by atoms with Crippen LogP contribution in [-0.2, 0) is 17.0 Å². The molecule has 0 saturated carbocycles. The Kier molecular flexibility index (Phi) is 11.0. The Labute approximate surface area is 234 Å². The van der Waals surface area contributed by atoms with Gasteiger partial charge in [0.2, 0.25) is 0 Å². The van der Waals surface area contributed by atoms with Gasteiger partial charge in [-0.15, -0.1) is 0 Å². The molecule has 0 aliphatic carbocycles. The second kappa shape index (κ2) is 12.8. The van der Waals surface area contributed by atoms with E-state index < -0.39 is 81.6 Å². The lowest BCUT2D eigenvalue weighted by Crippen LogP contribution is -2.24. The van der Waals surface area contributed by atoms with E-state index in [0.717, 1.165) is 30.3 Å². The van der Waals surface area contributed by atoms with E-state index in [4.69, 9.17) is 34.8 Å². The number of rotatable bonds is 9. The fourth-order valence-electron chi connectivity index (χ4n) is 3.56. The van der Waals surface area contributed by atoms with E-state index in [2.05, 4.69) is 0 Å². The minimum absolute atomic E-state index is 0.178. The molecule has 0 heterocycles. The zero-order valence-corrected chi connectivity index (χ0v) is 22.7. The van der Waals surface area contributed by atoms with E-state index in [1.807, 2.05) is 0 Å². The van der Waals surface area contributed by atoms with Gasteiger partial charge in [0.05, 0.1) is 26.5 Å². The Balaban J connectivity index is 2.36. The molecule has 0 saturated heterocycles. The average Bonchev–Trinajstić information content (AvgIpc) is 2.74. The van der Waals surface area contributed by atoms with Gasteiger partial charge in [0.1, 0.15) is 5.75 Å². The van der Waals surface area contributed by atoms with Gasteiger partial charge >= 0.3 is 18.5 Å². The van der Waals surface area contributed by atoms with Crippen LogP contribution in [0.25, 0.3) is 6.08 Å². The highest BCUT2D eigenvalue weighted by molar-refractivity contribution is 7.85. The van der Waals surface area contributed by atoms with E-state index in [9.17, 15) is 48.5 Å². The number of benzene rings is 2. The molecule has 0 aromatic heterocycles. The van der Waals surface area contributed by atoms with Crippen LogP contribution in [0.15, 0.2) is 36.4 Å². The second-order valence-corrected chi connectivity index (χ2v) is 11.3. The smallest absolute Gasteiger partial charge is 0.294 e. The van der Waals surface area contributed by atoms with Gasteiger partial charge in [-0.3, -0.25) is 9.00 Å². The molecule has 0 spiro atoms. The van der Waals surface area contributed by atoms with Crippen LogP contribution in [0.4, 0.5) is 39.5 Å². The molecule has 0 N–H and O–H groups in total. The fraction of sp³-hybridized carbons (Fsp3) is 0.375. The Hall–Kier alpha value is -1.76. The van der Waals surface area contributed by atoms with Crippen molar-refractivity contribution < 1.29 is 48.5 Å². The van der Waals surface area contributed by atoms with E-state index in [1.54, 1.807) is 0 Å². The third-order valence-corrected chi connectivity index (χ3v) is 7.96. The number of allylic oxidation sites excluding steroid dienone is 1. The van der Waals surface area contributed by atoms with Gasteiger partial charge < -0.3 is 0 Å². The molecule has 2 unspecified atom stereocenters. The molecule has 0 aliphatic rings. The quantitative estimate of drug-likeness (QED) is 0.154. The topological polar surface area (TPSA) is 34.1 Å². The summed E-state index contributed by atoms with van der Waals surface area (Å²) >= 11 is 17.4. The SMILES string of the molecule is C[C@@H](CC(=O)c1ccc(/C=C/C(c2cc(Cl)c(Cl)c(Cl)c2)C(F)(F)F)cc1C(F)(F)F)CS(=O)CC(F)(F)F. The van der Waals surface area contributed by atoms with Crippen LogP contribution in [0.5, 0.6) is 0 Å². The number of ketones is 1. The minimum atomic E-state index is -5.09. The third kappa shape index (κ3) is 9.98. The number of carbonyl (C=O) groups is 1. The fourth-order valence-corrected chi connectivity index (χ4v) is 5.41. The largest absolute Gasteiger partial charge is 0.417 e. The Morgan fingerprint density at radius 1 is 0.949 bits per heavy atom. The molecule has 0 fully saturated rings. The zero-order valence-electron chi connectivity index (χ0n) is 19.6. The molecule has 0 radical (unpaired) electrons. The molecular weight excluding hydrogens is 630 g/mol. The maximum Gasteiger partial charge on any atom is 0.417 e. The van der Waals surface area contributed by atoms with Gasteiger partial charge in [-0.25, -0.2) is 0 Å². The molecule has 2 aromatic carbocycles.